The Hall–Kier alpha value is -2.97. The van der Waals surface area contributed by atoms with E-state index in [9.17, 15) is 13.2 Å². The number of carbonyl (C=O) groups is 1. The van der Waals surface area contributed by atoms with Crippen LogP contribution in [0.1, 0.15) is 25.7 Å². The van der Waals surface area contributed by atoms with Gasteiger partial charge in [0.25, 0.3) is 0 Å². The van der Waals surface area contributed by atoms with Gasteiger partial charge in [-0.2, -0.15) is 0 Å². The minimum Gasteiger partial charge on any atom is -0.437 e. The molecule has 0 unspecified atom stereocenters. The fourth-order valence-corrected chi connectivity index (χ4v) is 5.94. The number of amides is 1. The Labute approximate surface area is 185 Å². The van der Waals surface area contributed by atoms with Crippen LogP contribution in [-0.2, 0) is 14.6 Å². The predicted octanol–water partition coefficient (Wildman–Crippen LogP) is 4.65. The minimum absolute atomic E-state index is 0.0914. The molecule has 0 saturated heterocycles. The molecule has 1 N–H and O–H groups in total. The summed E-state index contributed by atoms with van der Waals surface area (Å²) in [5.41, 5.74) is 0.434. The third-order valence-electron chi connectivity index (χ3n) is 5.32. The van der Waals surface area contributed by atoms with Gasteiger partial charge in [-0.15, -0.1) is 0 Å². The molecular weight excluding hydrogens is 438 g/mol. The number of nitrogens with zero attached hydrogens (tertiary/aromatic N) is 2. The summed E-state index contributed by atoms with van der Waals surface area (Å²) in [5.74, 6) is 0.208. The molecule has 0 bridgehead atoms. The van der Waals surface area contributed by atoms with Gasteiger partial charge >= 0.3 is 0 Å². The first-order chi connectivity index (χ1) is 14.9. The second-order valence-corrected chi connectivity index (χ2v) is 9.98. The highest BCUT2D eigenvalue weighted by molar-refractivity contribution is 7.93. The quantitative estimate of drug-likeness (QED) is 0.578. The molecule has 1 aliphatic rings. The number of sulfone groups is 1. The summed E-state index contributed by atoms with van der Waals surface area (Å²) in [6.45, 7) is 0. The molecule has 7 nitrogen and oxygen atoms in total. The fourth-order valence-electron chi connectivity index (χ4n) is 3.74. The molecule has 31 heavy (non-hydrogen) atoms. The van der Waals surface area contributed by atoms with Crippen LogP contribution < -0.4 is 10.1 Å². The number of halogens is 1. The Morgan fingerprint density at radius 3 is 2.48 bits per heavy atom. The van der Waals surface area contributed by atoms with E-state index in [-0.39, 0.29) is 17.7 Å². The van der Waals surface area contributed by atoms with E-state index < -0.39 is 20.5 Å². The summed E-state index contributed by atoms with van der Waals surface area (Å²) in [6.07, 6.45) is 6.36. The smallest absolute Gasteiger partial charge is 0.246 e. The van der Waals surface area contributed by atoms with Crippen molar-refractivity contribution < 1.29 is 17.9 Å². The Morgan fingerprint density at radius 1 is 1.06 bits per heavy atom. The molecule has 1 aliphatic carbocycles. The molecule has 0 radical (unpaired) electrons. The van der Waals surface area contributed by atoms with Crippen LogP contribution in [0.4, 0.5) is 5.69 Å². The van der Waals surface area contributed by atoms with Crippen LogP contribution in [0.2, 0.25) is 5.02 Å². The number of aromatic nitrogens is 2. The Morgan fingerprint density at radius 2 is 1.81 bits per heavy atom. The normalized spacial score (nSPS) is 15.4. The van der Waals surface area contributed by atoms with Crippen molar-refractivity contribution in [1.82, 2.24) is 9.97 Å². The van der Waals surface area contributed by atoms with Crippen LogP contribution in [0, 0.1) is 0 Å². The zero-order valence-corrected chi connectivity index (χ0v) is 18.1. The minimum atomic E-state index is -3.92. The number of benzene rings is 2. The van der Waals surface area contributed by atoms with Gasteiger partial charge in [0, 0.05) is 29.2 Å². The maximum absolute atomic E-state index is 13.5. The summed E-state index contributed by atoms with van der Waals surface area (Å²) in [5, 5.41) is 3.21. The van der Waals surface area contributed by atoms with Crippen LogP contribution in [0.5, 0.6) is 11.6 Å². The van der Waals surface area contributed by atoms with E-state index in [1.165, 1.54) is 42.9 Å². The van der Waals surface area contributed by atoms with Crippen LogP contribution >= 0.6 is 11.6 Å². The van der Waals surface area contributed by atoms with Crippen LogP contribution in [0.15, 0.2) is 72.0 Å². The molecular formula is C22H20ClN3O4S. The average Bonchev–Trinajstić information content (AvgIpc) is 3.27. The largest absolute Gasteiger partial charge is 0.437 e. The third kappa shape index (κ3) is 4.26. The first-order valence-electron chi connectivity index (χ1n) is 9.76. The Bertz CT molecular complexity index is 1180. The molecule has 1 heterocycles. The monoisotopic (exact) mass is 457 g/mol. The zero-order valence-electron chi connectivity index (χ0n) is 16.5. The molecule has 0 aliphatic heterocycles. The highest BCUT2D eigenvalue weighted by Gasteiger charge is 2.52. The molecule has 160 valence electrons. The maximum atomic E-state index is 13.5. The molecule has 9 heteroatoms. The summed E-state index contributed by atoms with van der Waals surface area (Å²) in [4.78, 5) is 21.4. The molecule has 1 fully saturated rings. The van der Waals surface area contributed by atoms with Gasteiger partial charge in [-0.25, -0.2) is 13.4 Å². The van der Waals surface area contributed by atoms with Gasteiger partial charge in [-0.05, 0) is 49.2 Å². The second kappa shape index (κ2) is 8.64. The Kier molecular flexibility index (Phi) is 5.93. The van der Waals surface area contributed by atoms with Crippen molar-refractivity contribution in [2.24, 2.45) is 0 Å². The standard InChI is InChI=1S/C22H20ClN3O4S/c23-16-6-8-19(9-7-16)31(28,29)22(10-1-2-11-22)21(27)26-17-4-3-5-18(14-17)30-20-15-24-12-13-25-20/h3-9,12-15H,1-2,10-11H2,(H,26,27). The van der Waals surface area contributed by atoms with Gasteiger partial charge in [-0.3, -0.25) is 9.78 Å². The van der Waals surface area contributed by atoms with Gasteiger partial charge in [0.05, 0.1) is 11.1 Å². The lowest BCUT2D eigenvalue weighted by atomic mass is 10.1. The lowest BCUT2D eigenvalue weighted by Crippen LogP contribution is -2.47. The number of ether oxygens (including phenoxy) is 1. The summed E-state index contributed by atoms with van der Waals surface area (Å²) < 4.78 is 31.0. The number of nitrogens with one attached hydrogen (secondary N) is 1. The molecule has 3 aromatic rings. The van der Waals surface area contributed by atoms with Crippen LogP contribution in [0.25, 0.3) is 0 Å². The maximum Gasteiger partial charge on any atom is 0.246 e. The molecule has 1 saturated carbocycles. The van der Waals surface area contributed by atoms with Crippen molar-refractivity contribution in [3.05, 3.63) is 72.1 Å². The van der Waals surface area contributed by atoms with E-state index in [1.54, 1.807) is 24.3 Å². The van der Waals surface area contributed by atoms with E-state index in [4.69, 9.17) is 16.3 Å². The van der Waals surface area contributed by atoms with Crippen molar-refractivity contribution in [1.29, 1.82) is 0 Å². The van der Waals surface area contributed by atoms with Crippen LogP contribution in [-0.4, -0.2) is 29.0 Å². The van der Waals surface area contributed by atoms with Crippen molar-refractivity contribution in [3.8, 4) is 11.6 Å². The van der Waals surface area contributed by atoms with E-state index in [0.717, 1.165) is 0 Å². The van der Waals surface area contributed by atoms with Gasteiger partial charge in [0.15, 0.2) is 14.6 Å². The molecule has 2 aromatic carbocycles. The van der Waals surface area contributed by atoms with Gasteiger partial charge in [-0.1, -0.05) is 30.5 Å². The summed E-state index contributed by atoms with van der Waals surface area (Å²) >= 11 is 5.90. The lowest BCUT2D eigenvalue weighted by molar-refractivity contribution is -0.118. The molecule has 1 amide bonds. The second-order valence-electron chi connectivity index (χ2n) is 7.29. The number of rotatable bonds is 6. The predicted molar refractivity (Wildman–Crippen MR) is 117 cm³/mol. The first-order valence-corrected chi connectivity index (χ1v) is 11.6. The van der Waals surface area contributed by atoms with Gasteiger partial charge in [0.1, 0.15) is 5.75 Å². The van der Waals surface area contributed by atoms with E-state index in [0.29, 0.717) is 35.2 Å². The van der Waals surface area contributed by atoms with E-state index in [2.05, 4.69) is 15.3 Å². The van der Waals surface area contributed by atoms with Crippen molar-refractivity contribution in [2.75, 3.05) is 5.32 Å². The zero-order chi connectivity index (χ0) is 21.9. The number of carbonyl (C=O) groups excluding carboxylic acids is 1. The third-order valence-corrected chi connectivity index (χ3v) is 8.08. The number of hydrogen-bond donors (Lipinski definition) is 1. The van der Waals surface area contributed by atoms with Gasteiger partial charge in [0.2, 0.25) is 11.8 Å². The highest BCUT2D eigenvalue weighted by atomic mass is 35.5. The van der Waals surface area contributed by atoms with Crippen molar-refractivity contribution in [2.45, 2.75) is 35.3 Å². The number of anilines is 1. The Balaban J connectivity index is 1.60. The van der Waals surface area contributed by atoms with E-state index in [1.807, 2.05) is 0 Å². The van der Waals surface area contributed by atoms with Crippen LogP contribution in [0.3, 0.4) is 0 Å². The first kappa shape index (κ1) is 21.3. The fraction of sp³-hybridized carbons (Fsp3) is 0.227. The topological polar surface area (TPSA) is 98.2 Å². The molecule has 1 aromatic heterocycles. The van der Waals surface area contributed by atoms with Gasteiger partial charge < -0.3 is 10.1 Å². The molecule has 4 rings (SSSR count). The summed E-state index contributed by atoms with van der Waals surface area (Å²) in [7, 11) is -3.92. The highest BCUT2D eigenvalue weighted by Crippen LogP contribution is 2.41. The SMILES string of the molecule is O=C(Nc1cccc(Oc2cnccn2)c1)C1(S(=O)(=O)c2ccc(Cl)cc2)CCCC1. The molecule has 0 spiro atoms. The summed E-state index contributed by atoms with van der Waals surface area (Å²) in [6, 6.07) is 12.6. The average molecular weight is 458 g/mol. The lowest BCUT2D eigenvalue weighted by Gasteiger charge is -2.27. The molecule has 0 atom stereocenters. The number of hydrogen-bond acceptors (Lipinski definition) is 6. The van der Waals surface area contributed by atoms with Crippen molar-refractivity contribution >= 4 is 33.0 Å². The van der Waals surface area contributed by atoms with E-state index >= 15 is 0 Å². The van der Waals surface area contributed by atoms with Crippen molar-refractivity contribution in [3.63, 3.8) is 0 Å².